The molecule has 0 heterocycles. The van der Waals surface area contributed by atoms with Gasteiger partial charge in [-0.05, 0) is 39.1 Å². The highest BCUT2D eigenvalue weighted by atomic mass is 19.4. The van der Waals surface area contributed by atoms with Crippen molar-refractivity contribution in [2.45, 2.75) is 25.6 Å². The molecule has 0 aliphatic carbocycles. The van der Waals surface area contributed by atoms with Gasteiger partial charge in [-0.1, -0.05) is 0 Å². The Balaban J connectivity index is 2.99. The van der Waals surface area contributed by atoms with Crippen molar-refractivity contribution in [3.8, 4) is 5.75 Å². The molecule has 1 rings (SSSR count). The first kappa shape index (κ1) is 14.8. The van der Waals surface area contributed by atoms with E-state index in [0.29, 0.717) is 12.6 Å². The second-order valence-electron chi connectivity index (χ2n) is 4.53. The van der Waals surface area contributed by atoms with E-state index in [1.165, 1.54) is 6.07 Å². The highest BCUT2D eigenvalue weighted by molar-refractivity contribution is 5.32. The molecule has 0 unspecified atom stereocenters. The van der Waals surface area contributed by atoms with Crippen molar-refractivity contribution in [1.29, 1.82) is 0 Å². The van der Waals surface area contributed by atoms with Gasteiger partial charge in [-0.15, -0.1) is 0 Å². The van der Waals surface area contributed by atoms with E-state index in [-0.39, 0.29) is 5.75 Å². The van der Waals surface area contributed by atoms with Crippen molar-refractivity contribution in [1.82, 2.24) is 5.32 Å². The number of halogens is 4. The first-order chi connectivity index (χ1) is 8.15. The zero-order chi connectivity index (χ0) is 14.0. The molecule has 1 aromatic carbocycles. The zero-order valence-corrected chi connectivity index (χ0v) is 10.4. The summed E-state index contributed by atoms with van der Waals surface area (Å²) in [4.78, 5) is 0. The minimum absolute atomic E-state index is 0.0102. The van der Waals surface area contributed by atoms with E-state index in [1.807, 2.05) is 0 Å². The van der Waals surface area contributed by atoms with Crippen LogP contribution in [0.3, 0.4) is 0 Å². The Hall–Kier alpha value is -1.30. The van der Waals surface area contributed by atoms with Crippen LogP contribution >= 0.6 is 0 Å². The second-order valence-corrected chi connectivity index (χ2v) is 4.53. The lowest BCUT2D eigenvalue weighted by Gasteiger charge is -2.26. The SMILES string of the molecule is CNCC(C)(C)Oc1ccc(F)c(C(F)(F)F)c1. The fourth-order valence-corrected chi connectivity index (χ4v) is 1.57. The summed E-state index contributed by atoms with van der Waals surface area (Å²) in [6.45, 7) is 3.89. The molecule has 0 fully saturated rings. The molecular formula is C12H15F4NO. The molecule has 0 bridgehead atoms. The molecule has 0 aliphatic rings. The van der Waals surface area contributed by atoms with Crippen LogP contribution in [-0.2, 0) is 6.18 Å². The van der Waals surface area contributed by atoms with Gasteiger partial charge >= 0.3 is 6.18 Å². The number of nitrogens with one attached hydrogen (secondary N) is 1. The van der Waals surface area contributed by atoms with Crippen LogP contribution in [0.25, 0.3) is 0 Å². The molecule has 0 saturated heterocycles. The van der Waals surface area contributed by atoms with Crippen LogP contribution in [0, 0.1) is 5.82 Å². The first-order valence-corrected chi connectivity index (χ1v) is 5.36. The van der Waals surface area contributed by atoms with Crippen LogP contribution in [0.5, 0.6) is 5.75 Å². The minimum Gasteiger partial charge on any atom is -0.487 e. The molecule has 18 heavy (non-hydrogen) atoms. The van der Waals surface area contributed by atoms with E-state index in [2.05, 4.69) is 5.32 Å². The zero-order valence-electron chi connectivity index (χ0n) is 10.4. The minimum atomic E-state index is -4.73. The molecule has 102 valence electrons. The van der Waals surface area contributed by atoms with Gasteiger partial charge in [-0.2, -0.15) is 13.2 Å². The largest absolute Gasteiger partial charge is 0.487 e. The van der Waals surface area contributed by atoms with Gasteiger partial charge in [-0.25, -0.2) is 4.39 Å². The third kappa shape index (κ3) is 3.87. The van der Waals surface area contributed by atoms with Crippen LogP contribution in [0.2, 0.25) is 0 Å². The molecule has 6 heteroatoms. The Labute approximate surface area is 103 Å². The van der Waals surface area contributed by atoms with Gasteiger partial charge in [0.05, 0.1) is 5.56 Å². The van der Waals surface area contributed by atoms with Gasteiger partial charge in [0.2, 0.25) is 0 Å². The van der Waals surface area contributed by atoms with Crippen molar-refractivity contribution in [2.75, 3.05) is 13.6 Å². The van der Waals surface area contributed by atoms with Gasteiger partial charge in [0, 0.05) is 6.54 Å². The van der Waals surface area contributed by atoms with Crippen molar-refractivity contribution >= 4 is 0 Å². The molecule has 1 N–H and O–H groups in total. The normalized spacial score (nSPS) is 12.6. The maximum Gasteiger partial charge on any atom is 0.419 e. The standard InChI is InChI=1S/C12H15F4NO/c1-11(2,7-17-3)18-8-4-5-10(13)9(6-8)12(14,15)16/h4-6,17H,7H2,1-3H3. The van der Waals surface area contributed by atoms with Gasteiger partial charge in [-0.3, -0.25) is 0 Å². The van der Waals surface area contributed by atoms with E-state index < -0.39 is 23.2 Å². The molecule has 0 aromatic heterocycles. The number of alkyl halides is 3. The number of hydrogen-bond donors (Lipinski definition) is 1. The average Bonchev–Trinajstić information content (AvgIpc) is 2.18. The maximum absolute atomic E-state index is 13.1. The number of hydrogen-bond acceptors (Lipinski definition) is 2. The Kier molecular flexibility index (Phi) is 4.21. The lowest BCUT2D eigenvalue weighted by atomic mass is 10.1. The Morgan fingerprint density at radius 2 is 1.83 bits per heavy atom. The smallest absolute Gasteiger partial charge is 0.419 e. The summed E-state index contributed by atoms with van der Waals surface area (Å²) in [7, 11) is 1.71. The van der Waals surface area contributed by atoms with E-state index >= 15 is 0 Å². The van der Waals surface area contributed by atoms with Gasteiger partial charge in [0.1, 0.15) is 17.2 Å². The van der Waals surface area contributed by atoms with Gasteiger partial charge in [0.25, 0.3) is 0 Å². The number of rotatable bonds is 4. The highest BCUT2D eigenvalue weighted by Crippen LogP contribution is 2.34. The topological polar surface area (TPSA) is 21.3 Å². The summed E-state index contributed by atoms with van der Waals surface area (Å²) in [5.74, 6) is -1.31. The molecule has 2 nitrogen and oxygen atoms in total. The van der Waals surface area contributed by atoms with E-state index in [0.717, 1.165) is 6.07 Å². The number of benzene rings is 1. The van der Waals surface area contributed by atoms with Crippen molar-refractivity contribution in [3.63, 3.8) is 0 Å². The quantitative estimate of drug-likeness (QED) is 0.844. The maximum atomic E-state index is 13.1. The summed E-state index contributed by atoms with van der Waals surface area (Å²) in [5, 5.41) is 2.86. The second kappa shape index (κ2) is 5.14. The third-order valence-electron chi connectivity index (χ3n) is 2.24. The van der Waals surface area contributed by atoms with Crippen molar-refractivity contribution in [2.24, 2.45) is 0 Å². The van der Waals surface area contributed by atoms with Gasteiger partial charge in [0.15, 0.2) is 0 Å². The monoisotopic (exact) mass is 265 g/mol. The molecule has 1 aromatic rings. The summed E-state index contributed by atoms with van der Waals surface area (Å²) in [6.07, 6.45) is -4.73. The Bertz CT molecular complexity index is 415. The van der Waals surface area contributed by atoms with Crippen LogP contribution < -0.4 is 10.1 Å². The van der Waals surface area contributed by atoms with E-state index in [9.17, 15) is 17.6 Å². The average molecular weight is 265 g/mol. The fraction of sp³-hybridized carbons (Fsp3) is 0.500. The van der Waals surface area contributed by atoms with Gasteiger partial charge < -0.3 is 10.1 Å². The Morgan fingerprint density at radius 1 is 1.22 bits per heavy atom. The predicted molar refractivity (Wildman–Crippen MR) is 60.0 cm³/mol. The van der Waals surface area contributed by atoms with Crippen LogP contribution in [-0.4, -0.2) is 19.2 Å². The lowest BCUT2D eigenvalue weighted by molar-refractivity contribution is -0.140. The summed E-state index contributed by atoms with van der Waals surface area (Å²) in [6, 6.07) is 2.61. The molecular weight excluding hydrogens is 250 g/mol. The molecule has 0 saturated carbocycles. The summed E-state index contributed by atoms with van der Waals surface area (Å²) < 4.78 is 56.0. The predicted octanol–water partition coefficient (Wildman–Crippen LogP) is 3.22. The lowest BCUT2D eigenvalue weighted by Crippen LogP contribution is -2.38. The first-order valence-electron chi connectivity index (χ1n) is 5.36. The molecule has 0 aliphatic heterocycles. The summed E-state index contributed by atoms with van der Waals surface area (Å²) >= 11 is 0. The fourth-order valence-electron chi connectivity index (χ4n) is 1.57. The molecule has 0 spiro atoms. The van der Waals surface area contributed by atoms with Crippen LogP contribution in [0.1, 0.15) is 19.4 Å². The van der Waals surface area contributed by atoms with Crippen LogP contribution in [0.15, 0.2) is 18.2 Å². The van der Waals surface area contributed by atoms with Crippen LogP contribution in [0.4, 0.5) is 17.6 Å². The van der Waals surface area contributed by atoms with Crippen molar-refractivity contribution < 1.29 is 22.3 Å². The summed E-state index contributed by atoms with van der Waals surface area (Å²) in [5.41, 5.74) is -2.00. The van der Waals surface area contributed by atoms with Crippen molar-refractivity contribution in [3.05, 3.63) is 29.6 Å². The Morgan fingerprint density at radius 3 is 2.33 bits per heavy atom. The molecule has 0 radical (unpaired) electrons. The number of likely N-dealkylation sites (N-methyl/N-ethyl adjacent to an activating group) is 1. The third-order valence-corrected chi connectivity index (χ3v) is 2.24. The molecule has 0 amide bonds. The molecule has 0 atom stereocenters. The highest BCUT2D eigenvalue weighted by Gasteiger charge is 2.34. The van der Waals surface area contributed by atoms with E-state index in [1.54, 1.807) is 20.9 Å². The van der Waals surface area contributed by atoms with E-state index in [4.69, 9.17) is 4.74 Å². The number of ether oxygens (including phenoxy) is 1.